The Morgan fingerprint density at radius 2 is 1.90 bits per heavy atom. The molecule has 5 nitrogen and oxygen atoms in total. The molecule has 1 atom stereocenters. The van der Waals surface area contributed by atoms with E-state index in [0.29, 0.717) is 12.5 Å². The molecular weight excluding hydrogens is 252 g/mol. The van der Waals surface area contributed by atoms with Gasteiger partial charge in [0.25, 0.3) is 0 Å². The summed E-state index contributed by atoms with van der Waals surface area (Å²) in [4.78, 5) is 16.8. The second kappa shape index (κ2) is 9.32. The number of piperazine rings is 1. The molecule has 3 N–H and O–H groups in total. The van der Waals surface area contributed by atoms with Gasteiger partial charge in [-0.1, -0.05) is 13.8 Å². The number of nitrogens with one attached hydrogen (secondary N) is 1. The first kappa shape index (κ1) is 17.4. The van der Waals surface area contributed by atoms with Gasteiger partial charge in [-0.25, -0.2) is 0 Å². The highest BCUT2D eigenvalue weighted by molar-refractivity contribution is 5.78. The molecule has 20 heavy (non-hydrogen) atoms. The maximum atomic E-state index is 12.0. The predicted octanol–water partition coefficient (Wildman–Crippen LogP) is 0.361. The predicted molar refractivity (Wildman–Crippen MR) is 83.6 cm³/mol. The van der Waals surface area contributed by atoms with Crippen LogP contribution in [0.15, 0.2) is 0 Å². The van der Waals surface area contributed by atoms with Crippen LogP contribution in [0.1, 0.15) is 26.7 Å². The van der Waals surface area contributed by atoms with Gasteiger partial charge in [0.05, 0.1) is 5.92 Å². The van der Waals surface area contributed by atoms with Crippen LogP contribution in [-0.4, -0.2) is 68.6 Å². The zero-order valence-electron chi connectivity index (χ0n) is 13.4. The Labute approximate surface area is 123 Å². The number of carbonyl (C=O) groups excluding carboxylic acids is 1. The molecule has 0 radical (unpaired) electrons. The smallest absolute Gasteiger partial charge is 0.224 e. The Morgan fingerprint density at radius 1 is 1.25 bits per heavy atom. The van der Waals surface area contributed by atoms with Crippen LogP contribution < -0.4 is 11.1 Å². The van der Waals surface area contributed by atoms with Crippen molar-refractivity contribution in [3.05, 3.63) is 0 Å². The zero-order chi connectivity index (χ0) is 15.0. The van der Waals surface area contributed by atoms with Crippen molar-refractivity contribution in [1.29, 1.82) is 0 Å². The Kier molecular flexibility index (Phi) is 8.11. The van der Waals surface area contributed by atoms with Gasteiger partial charge in [0, 0.05) is 39.3 Å². The van der Waals surface area contributed by atoms with Crippen molar-refractivity contribution in [2.45, 2.75) is 26.7 Å². The van der Waals surface area contributed by atoms with Crippen LogP contribution in [0.5, 0.6) is 0 Å². The van der Waals surface area contributed by atoms with Crippen LogP contribution in [0.3, 0.4) is 0 Å². The number of hydrogen-bond acceptors (Lipinski definition) is 4. The van der Waals surface area contributed by atoms with Gasteiger partial charge >= 0.3 is 0 Å². The second-order valence-corrected chi connectivity index (χ2v) is 6.35. The highest BCUT2D eigenvalue weighted by atomic mass is 16.1. The molecule has 5 heteroatoms. The van der Waals surface area contributed by atoms with Crippen LogP contribution in [-0.2, 0) is 4.79 Å². The summed E-state index contributed by atoms with van der Waals surface area (Å²) in [7, 11) is 2.17. The summed E-state index contributed by atoms with van der Waals surface area (Å²) in [6, 6.07) is 0. The van der Waals surface area contributed by atoms with Gasteiger partial charge in [-0.2, -0.15) is 0 Å². The van der Waals surface area contributed by atoms with Crippen LogP contribution in [0.4, 0.5) is 0 Å². The molecule has 0 aromatic heterocycles. The summed E-state index contributed by atoms with van der Waals surface area (Å²) in [6.45, 7) is 11.1. The van der Waals surface area contributed by atoms with Crippen LogP contribution in [0.2, 0.25) is 0 Å². The number of hydrogen-bond donors (Lipinski definition) is 2. The maximum Gasteiger partial charge on any atom is 0.224 e. The van der Waals surface area contributed by atoms with Gasteiger partial charge in [-0.05, 0) is 32.4 Å². The van der Waals surface area contributed by atoms with Gasteiger partial charge in [-0.3, -0.25) is 4.79 Å². The number of rotatable bonds is 8. The van der Waals surface area contributed by atoms with Gasteiger partial charge in [0.2, 0.25) is 5.91 Å². The van der Waals surface area contributed by atoms with E-state index in [2.05, 4.69) is 36.0 Å². The number of amides is 1. The molecule has 1 aliphatic rings. The first-order valence-corrected chi connectivity index (χ1v) is 7.91. The topological polar surface area (TPSA) is 61.6 Å². The van der Waals surface area contributed by atoms with Crippen molar-refractivity contribution in [2.24, 2.45) is 17.6 Å². The first-order chi connectivity index (χ1) is 9.52. The molecule has 1 rings (SSSR count). The normalized spacial score (nSPS) is 19.2. The number of likely N-dealkylation sites (N-methyl/N-ethyl adjacent to an activating group) is 1. The molecule has 0 bridgehead atoms. The minimum Gasteiger partial charge on any atom is -0.356 e. The minimum absolute atomic E-state index is 0.0290. The van der Waals surface area contributed by atoms with Crippen molar-refractivity contribution >= 4 is 5.91 Å². The van der Waals surface area contributed by atoms with E-state index >= 15 is 0 Å². The van der Waals surface area contributed by atoms with Crippen LogP contribution in [0.25, 0.3) is 0 Å². The molecule has 0 aliphatic carbocycles. The van der Waals surface area contributed by atoms with Crippen LogP contribution in [0, 0.1) is 11.8 Å². The lowest BCUT2D eigenvalue weighted by Crippen LogP contribution is -2.45. The number of nitrogens with zero attached hydrogens (tertiary/aromatic N) is 2. The van der Waals surface area contributed by atoms with E-state index in [1.807, 2.05) is 0 Å². The third-order valence-electron chi connectivity index (χ3n) is 3.96. The van der Waals surface area contributed by atoms with E-state index in [1.54, 1.807) is 0 Å². The quantitative estimate of drug-likeness (QED) is 0.632. The SMILES string of the molecule is CC(C)CC(CN)C(=O)NCCCN1CCN(C)CC1. The fourth-order valence-corrected chi connectivity index (χ4v) is 2.61. The van der Waals surface area contributed by atoms with Crippen molar-refractivity contribution in [3.8, 4) is 0 Å². The molecule has 1 unspecified atom stereocenters. The highest BCUT2D eigenvalue weighted by Crippen LogP contribution is 2.10. The third kappa shape index (κ3) is 6.68. The lowest BCUT2D eigenvalue weighted by Gasteiger charge is -2.32. The average molecular weight is 284 g/mol. The number of nitrogens with two attached hydrogens (primary N) is 1. The van der Waals surface area contributed by atoms with E-state index in [-0.39, 0.29) is 11.8 Å². The molecule has 0 aromatic carbocycles. The first-order valence-electron chi connectivity index (χ1n) is 7.91. The summed E-state index contributed by atoms with van der Waals surface area (Å²) >= 11 is 0. The van der Waals surface area contributed by atoms with Crippen molar-refractivity contribution in [3.63, 3.8) is 0 Å². The zero-order valence-corrected chi connectivity index (χ0v) is 13.4. The number of carbonyl (C=O) groups is 1. The Morgan fingerprint density at radius 3 is 2.45 bits per heavy atom. The van der Waals surface area contributed by atoms with Gasteiger partial charge in [-0.15, -0.1) is 0 Å². The molecular formula is C15H32N4O. The third-order valence-corrected chi connectivity index (χ3v) is 3.96. The van der Waals surface area contributed by atoms with E-state index in [9.17, 15) is 4.79 Å². The summed E-state index contributed by atoms with van der Waals surface area (Å²) in [5.41, 5.74) is 5.68. The molecule has 1 amide bonds. The minimum atomic E-state index is -0.0290. The largest absolute Gasteiger partial charge is 0.356 e. The van der Waals surface area contributed by atoms with E-state index in [0.717, 1.165) is 52.1 Å². The lowest BCUT2D eigenvalue weighted by molar-refractivity contribution is -0.125. The summed E-state index contributed by atoms with van der Waals surface area (Å²) in [5.74, 6) is 0.609. The van der Waals surface area contributed by atoms with Gasteiger partial charge in [0.1, 0.15) is 0 Å². The van der Waals surface area contributed by atoms with E-state index < -0.39 is 0 Å². The Hall–Kier alpha value is -0.650. The molecule has 118 valence electrons. The molecule has 0 aromatic rings. The summed E-state index contributed by atoms with van der Waals surface area (Å²) in [6.07, 6.45) is 1.90. The highest BCUT2D eigenvalue weighted by Gasteiger charge is 2.18. The average Bonchev–Trinajstić information content (AvgIpc) is 2.42. The molecule has 1 fully saturated rings. The van der Waals surface area contributed by atoms with Gasteiger partial charge in [0.15, 0.2) is 0 Å². The van der Waals surface area contributed by atoms with Crippen molar-refractivity contribution in [2.75, 3.05) is 52.9 Å². The van der Waals surface area contributed by atoms with Crippen molar-refractivity contribution in [1.82, 2.24) is 15.1 Å². The van der Waals surface area contributed by atoms with Gasteiger partial charge < -0.3 is 20.9 Å². The lowest BCUT2D eigenvalue weighted by atomic mass is 9.96. The van der Waals surface area contributed by atoms with E-state index in [4.69, 9.17) is 5.73 Å². The van der Waals surface area contributed by atoms with Crippen LogP contribution >= 0.6 is 0 Å². The van der Waals surface area contributed by atoms with E-state index in [1.165, 1.54) is 0 Å². The summed E-state index contributed by atoms with van der Waals surface area (Å²) < 4.78 is 0. The molecule has 0 spiro atoms. The Balaban J connectivity index is 2.12. The monoisotopic (exact) mass is 284 g/mol. The fraction of sp³-hybridized carbons (Fsp3) is 0.933. The fourth-order valence-electron chi connectivity index (χ4n) is 2.61. The Bertz CT molecular complexity index is 275. The second-order valence-electron chi connectivity index (χ2n) is 6.35. The molecule has 1 heterocycles. The summed E-state index contributed by atoms with van der Waals surface area (Å²) in [5, 5.41) is 3.03. The molecule has 0 saturated carbocycles. The molecule has 1 saturated heterocycles. The van der Waals surface area contributed by atoms with Crippen molar-refractivity contribution < 1.29 is 4.79 Å². The maximum absolute atomic E-state index is 12.0. The molecule has 1 aliphatic heterocycles. The standard InChI is InChI=1S/C15H32N4O/c1-13(2)11-14(12-16)15(20)17-5-4-6-19-9-7-18(3)8-10-19/h13-14H,4-12,16H2,1-3H3,(H,17,20).